The molecule has 2 N–H and O–H groups in total. The van der Waals surface area contributed by atoms with E-state index in [1.54, 1.807) is 12.1 Å². The van der Waals surface area contributed by atoms with Crippen molar-refractivity contribution in [3.63, 3.8) is 0 Å². The van der Waals surface area contributed by atoms with E-state index < -0.39 is 5.97 Å². The molecule has 0 amide bonds. The van der Waals surface area contributed by atoms with Gasteiger partial charge in [-0.05, 0) is 19.1 Å². The largest absolute Gasteiger partial charge is 0.478 e. The zero-order valence-electron chi connectivity index (χ0n) is 8.15. The summed E-state index contributed by atoms with van der Waals surface area (Å²) in [6, 6.07) is 4.94. The summed E-state index contributed by atoms with van der Waals surface area (Å²) in [5, 5.41) is 8.77. The lowest BCUT2D eigenvalue weighted by atomic mass is 10.3. The minimum absolute atomic E-state index is 0.131. The van der Waals surface area contributed by atoms with E-state index in [4.69, 9.17) is 9.84 Å². The lowest BCUT2D eigenvalue weighted by molar-refractivity contribution is 0.0691. The molecule has 5 heteroatoms. The van der Waals surface area contributed by atoms with Crippen LogP contribution in [0.3, 0.4) is 0 Å². The van der Waals surface area contributed by atoms with Gasteiger partial charge in [0.2, 0.25) is 5.88 Å². The van der Waals surface area contributed by atoms with Gasteiger partial charge in [-0.25, -0.2) is 9.78 Å². The number of ether oxygens (including phenoxy) is 1. The van der Waals surface area contributed by atoms with E-state index in [0.29, 0.717) is 23.5 Å². The maximum atomic E-state index is 10.7. The van der Waals surface area contributed by atoms with Crippen molar-refractivity contribution in [3.05, 3.63) is 23.9 Å². The van der Waals surface area contributed by atoms with Gasteiger partial charge in [-0.2, -0.15) is 0 Å². The van der Waals surface area contributed by atoms with Gasteiger partial charge in [0.25, 0.3) is 0 Å². The molecule has 0 aromatic carbocycles. The predicted octanol–water partition coefficient (Wildman–Crippen LogP) is 1.66. The topological polar surface area (TPSA) is 75.2 Å². The second-order valence-corrected chi connectivity index (χ2v) is 3.00. The molecule has 0 saturated heterocycles. The van der Waals surface area contributed by atoms with Crippen LogP contribution in [0.5, 0.6) is 5.88 Å². The molecule has 78 valence electrons. The van der Waals surface area contributed by atoms with Crippen molar-refractivity contribution in [2.75, 3.05) is 6.61 Å². The molecule has 2 aromatic heterocycles. The lowest BCUT2D eigenvalue weighted by Crippen LogP contribution is -1.94. The van der Waals surface area contributed by atoms with E-state index in [1.807, 2.05) is 6.92 Å². The van der Waals surface area contributed by atoms with Crippen LogP contribution in [0.25, 0.3) is 11.0 Å². The minimum Gasteiger partial charge on any atom is -0.478 e. The maximum absolute atomic E-state index is 10.7. The third kappa shape index (κ3) is 1.76. The molecule has 0 bridgehead atoms. The molecule has 5 nitrogen and oxygen atoms in total. The third-order valence-corrected chi connectivity index (χ3v) is 1.97. The maximum Gasteiger partial charge on any atom is 0.352 e. The molecule has 2 heterocycles. The first-order chi connectivity index (χ1) is 7.20. The van der Waals surface area contributed by atoms with E-state index in [-0.39, 0.29) is 5.69 Å². The molecule has 15 heavy (non-hydrogen) atoms. The molecule has 0 unspecified atom stereocenters. The average Bonchev–Trinajstić information content (AvgIpc) is 2.61. The number of aromatic carboxylic acids is 1. The van der Waals surface area contributed by atoms with Gasteiger partial charge in [-0.1, -0.05) is 0 Å². The SMILES string of the molecule is CCOc1ccc2[nH]c(C(=O)O)cc2n1. The number of aromatic amines is 1. The van der Waals surface area contributed by atoms with Crippen molar-refractivity contribution in [2.24, 2.45) is 0 Å². The van der Waals surface area contributed by atoms with Crippen LogP contribution in [-0.4, -0.2) is 27.7 Å². The average molecular weight is 206 g/mol. The molecule has 0 aliphatic carbocycles. The number of hydrogen-bond acceptors (Lipinski definition) is 3. The van der Waals surface area contributed by atoms with Crippen molar-refractivity contribution < 1.29 is 14.6 Å². The van der Waals surface area contributed by atoms with Gasteiger partial charge in [-0.15, -0.1) is 0 Å². The van der Waals surface area contributed by atoms with Crippen LogP contribution in [-0.2, 0) is 0 Å². The smallest absolute Gasteiger partial charge is 0.352 e. The quantitative estimate of drug-likeness (QED) is 0.800. The van der Waals surface area contributed by atoms with Gasteiger partial charge in [-0.3, -0.25) is 0 Å². The molecular weight excluding hydrogens is 196 g/mol. The number of aromatic nitrogens is 2. The van der Waals surface area contributed by atoms with Gasteiger partial charge in [0.05, 0.1) is 17.6 Å². The molecule has 2 rings (SSSR count). The summed E-state index contributed by atoms with van der Waals surface area (Å²) >= 11 is 0. The van der Waals surface area contributed by atoms with E-state index in [2.05, 4.69) is 9.97 Å². The van der Waals surface area contributed by atoms with Crippen LogP contribution in [0, 0.1) is 0 Å². The van der Waals surface area contributed by atoms with Gasteiger partial charge >= 0.3 is 5.97 Å². The second-order valence-electron chi connectivity index (χ2n) is 3.00. The Hall–Kier alpha value is -2.04. The Bertz CT molecular complexity index is 504. The van der Waals surface area contributed by atoms with Gasteiger partial charge < -0.3 is 14.8 Å². The number of carboxylic acid groups (broad SMARTS) is 1. The Balaban J connectivity index is 2.47. The van der Waals surface area contributed by atoms with Gasteiger partial charge in [0, 0.05) is 6.07 Å². The van der Waals surface area contributed by atoms with E-state index in [0.717, 1.165) is 0 Å². The number of carbonyl (C=O) groups is 1. The number of nitrogens with zero attached hydrogens (tertiary/aromatic N) is 1. The summed E-state index contributed by atoms with van der Waals surface area (Å²) in [7, 11) is 0. The predicted molar refractivity (Wildman–Crippen MR) is 54.2 cm³/mol. The first-order valence-electron chi connectivity index (χ1n) is 4.56. The van der Waals surface area contributed by atoms with Gasteiger partial charge in [0.1, 0.15) is 5.69 Å². The number of H-pyrrole nitrogens is 1. The van der Waals surface area contributed by atoms with Crippen molar-refractivity contribution in [1.82, 2.24) is 9.97 Å². The van der Waals surface area contributed by atoms with Crippen LogP contribution in [0.4, 0.5) is 0 Å². The van der Waals surface area contributed by atoms with Crippen LogP contribution >= 0.6 is 0 Å². The molecule has 0 radical (unpaired) electrons. The number of rotatable bonds is 3. The highest BCUT2D eigenvalue weighted by atomic mass is 16.5. The summed E-state index contributed by atoms with van der Waals surface area (Å²) in [5.41, 5.74) is 1.42. The van der Waals surface area contributed by atoms with Crippen molar-refractivity contribution in [2.45, 2.75) is 6.92 Å². The second kappa shape index (κ2) is 3.61. The first-order valence-corrected chi connectivity index (χ1v) is 4.56. The molecule has 0 atom stereocenters. The molecular formula is C10H10N2O3. The zero-order chi connectivity index (χ0) is 10.8. The summed E-state index contributed by atoms with van der Waals surface area (Å²) < 4.78 is 5.21. The molecule has 2 aromatic rings. The molecule has 0 aliphatic heterocycles. The molecule has 0 saturated carbocycles. The van der Waals surface area contributed by atoms with Crippen LogP contribution < -0.4 is 4.74 Å². The summed E-state index contributed by atoms with van der Waals surface area (Å²) in [6.07, 6.45) is 0. The number of fused-ring (bicyclic) bond motifs is 1. The lowest BCUT2D eigenvalue weighted by Gasteiger charge is -1.99. The number of pyridine rings is 1. The van der Waals surface area contributed by atoms with Crippen molar-refractivity contribution in [3.8, 4) is 5.88 Å². The Morgan fingerprint density at radius 3 is 3.07 bits per heavy atom. The standard InChI is InChI=1S/C10H10N2O3/c1-2-15-9-4-3-6-7(12-9)5-8(11-6)10(13)14/h3-5,11H,2H2,1H3,(H,13,14). The van der Waals surface area contributed by atoms with E-state index in [1.165, 1.54) is 6.07 Å². The van der Waals surface area contributed by atoms with Crippen LogP contribution in [0.15, 0.2) is 18.2 Å². The Labute approximate surface area is 85.7 Å². The van der Waals surface area contributed by atoms with Gasteiger partial charge in [0.15, 0.2) is 0 Å². The van der Waals surface area contributed by atoms with Crippen LogP contribution in [0.2, 0.25) is 0 Å². The van der Waals surface area contributed by atoms with Crippen molar-refractivity contribution in [1.29, 1.82) is 0 Å². The summed E-state index contributed by atoms with van der Waals surface area (Å²) in [4.78, 5) is 17.6. The molecule has 0 aliphatic rings. The third-order valence-electron chi connectivity index (χ3n) is 1.97. The summed E-state index contributed by atoms with van der Waals surface area (Å²) in [5.74, 6) is -0.494. The highest BCUT2D eigenvalue weighted by Gasteiger charge is 2.08. The minimum atomic E-state index is -0.994. The molecule has 0 fully saturated rings. The fraction of sp³-hybridized carbons (Fsp3) is 0.200. The summed E-state index contributed by atoms with van der Waals surface area (Å²) in [6.45, 7) is 2.40. The Morgan fingerprint density at radius 1 is 1.60 bits per heavy atom. The zero-order valence-corrected chi connectivity index (χ0v) is 8.15. The number of hydrogen-bond donors (Lipinski definition) is 2. The fourth-order valence-electron chi connectivity index (χ4n) is 1.33. The van der Waals surface area contributed by atoms with Crippen molar-refractivity contribution >= 4 is 17.0 Å². The van der Waals surface area contributed by atoms with E-state index in [9.17, 15) is 4.79 Å². The number of nitrogens with one attached hydrogen (secondary N) is 1. The monoisotopic (exact) mass is 206 g/mol. The normalized spacial score (nSPS) is 10.5. The van der Waals surface area contributed by atoms with Crippen LogP contribution in [0.1, 0.15) is 17.4 Å². The first kappa shape index (κ1) is 9.51. The highest BCUT2D eigenvalue weighted by molar-refractivity contribution is 5.92. The fourth-order valence-corrected chi connectivity index (χ4v) is 1.33. The number of carboxylic acids is 1. The van der Waals surface area contributed by atoms with E-state index >= 15 is 0 Å². The Morgan fingerprint density at radius 2 is 2.40 bits per heavy atom. The molecule has 0 spiro atoms. The highest BCUT2D eigenvalue weighted by Crippen LogP contribution is 2.17. The Kier molecular flexibility index (Phi) is 2.29.